The Kier molecular flexibility index (Phi) is 7.10. The molecule has 0 aliphatic heterocycles. The lowest BCUT2D eigenvalue weighted by atomic mass is 9.61. The molecule has 5 aromatic carbocycles. The molecule has 5 aromatic rings. The zero-order chi connectivity index (χ0) is 28.5. The SMILES string of the molecule is C=COc1ccc2cc(C3(C4C=Cc5cc(OCCOSC)ccc5C4)c4ccccc4-c4ccccc43)ccc2c1. The van der Waals surface area contributed by atoms with Crippen LogP contribution in [-0.2, 0) is 16.0 Å². The second-order valence-electron chi connectivity index (χ2n) is 10.8. The van der Waals surface area contributed by atoms with Gasteiger partial charge in [-0.15, -0.1) is 0 Å². The van der Waals surface area contributed by atoms with E-state index in [1.807, 2.05) is 12.3 Å². The van der Waals surface area contributed by atoms with E-state index in [9.17, 15) is 0 Å². The first-order valence-corrected chi connectivity index (χ1v) is 15.5. The fourth-order valence-electron chi connectivity index (χ4n) is 6.93. The molecule has 0 spiro atoms. The molecular weight excluding hydrogens is 536 g/mol. The van der Waals surface area contributed by atoms with Gasteiger partial charge in [0.05, 0.1) is 18.3 Å². The predicted molar refractivity (Wildman–Crippen MR) is 174 cm³/mol. The Labute approximate surface area is 251 Å². The molecule has 1 atom stereocenters. The van der Waals surface area contributed by atoms with E-state index in [0.29, 0.717) is 13.2 Å². The molecule has 0 N–H and O–H groups in total. The van der Waals surface area contributed by atoms with Gasteiger partial charge >= 0.3 is 0 Å². The Bertz CT molecular complexity index is 1780. The molecule has 7 rings (SSSR count). The molecule has 0 saturated heterocycles. The zero-order valence-electron chi connectivity index (χ0n) is 23.6. The van der Waals surface area contributed by atoms with Gasteiger partial charge in [-0.2, -0.15) is 0 Å². The van der Waals surface area contributed by atoms with Gasteiger partial charge in [0, 0.05) is 6.26 Å². The fraction of sp³-hybridized carbons (Fsp3) is 0.158. The third-order valence-electron chi connectivity index (χ3n) is 8.66. The third kappa shape index (κ3) is 4.43. The maximum absolute atomic E-state index is 5.96. The molecule has 4 heteroatoms. The molecule has 42 heavy (non-hydrogen) atoms. The van der Waals surface area contributed by atoms with E-state index >= 15 is 0 Å². The Morgan fingerprint density at radius 3 is 2.29 bits per heavy atom. The average Bonchev–Trinajstić information content (AvgIpc) is 3.34. The summed E-state index contributed by atoms with van der Waals surface area (Å²) >= 11 is 1.36. The standard InChI is InChI=1S/C38H32O3S/c1-3-39-32-18-14-26-22-30(16-12-28(26)24-32)38(36-10-6-4-8-34(36)35-9-5-7-11-37(35)38)31-17-13-29-25-33(19-15-27(29)23-31)40-20-21-41-42-2/h3-19,22,24-25,31H,1,20-21,23H2,2H3. The van der Waals surface area contributed by atoms with Crippen molar-refractivity contribution in [3.05, 3.63) is 150 Å². The molecule has 1 unspecified atom stereocenters. The lowest BCUT2D eigenvalue weighted by Crippen LogP contribution is -2.37. The minimum absolute atomic E-state index is 0.220. The van der Waals surface area contributed by atoms with Crippen molar-refractivity contribution >= 4 is 28.9 Å². The first kappa shape index (κ1) is 26.6. The number of hydrogen-bond donors (Lipinski definition) is 0. The van der Waals surface area contributed by atoms with Gasteiger partial charge < -0.3 is 13.7 Å². The van der Waals surface area contributed by atoms with E-state index < -0.39 is 0 Å². The number of benzene rings is 5. The minimum Gasteiger partial charge on any atom is -0.491 e. The summed E-state index contributed by atoms with van der Waals surface area (Å²) in [6.45, 7) is 4.80. The van der Waals surface area contributed by atoms with Crippen LogP contribution in [0.15, 0.2) is 122 Å². The molecule has 3 nitrogen and oxygen atoms in total. The Morgan fingerprint density at radius 2 is 1.52 bits per heavy atom. The van der Waals surface area contributed by atoms with Crippen LogP contribution in [0.4, 0.5) is 0 Å². The van der Waals surface area contributed by atoms with E-state index in [0.717, 1.165) is 23.3 Å². The zero-order valence-corrected chi connectivity index (χ0v) is 24.4. The van der Waals surface area contributed by atoms with Crippen LogP contribution >= 0.6 is 12.0 Å². The van der Waals surface area contributed by atoms with Crippen LogP contribution in [0.1, 0.15) is 27.8 Å². The number of hydrogen-bond acceptors (Lipinski definition) is 4. The first-order chi connectivity index (χ1) is 20.7. The van der Waals surface area contributed by atoms with Crippen molar-refractivity contribution < 1.29 is 13.7 Å². The highest BCUT2D eigenvalue weighted by molar-refractivity contribution is 7.93. The number of rotatable bonds is 9. The predicted octanol–water partition coefficient (Wildman–Crippen LogP) is 9.24. The molecule has 0 fully saturated rings. The van der Waals surface area contributed by atoms with Gasteiger partial charge in [0.1, 0.15) is 18.1 Å². The minimum atomic E-state index is -0.337. The summed E-state index contributed by atoms with van der Waals surface area (Å²) in [4.78, 5) is 0. The first-order valence-electron chi connectivity index (χ1n) is 14.3. The van der Waals surface area contributed by atoms with Gasteiger partial charge in [0.25, 0.3) is 0 Å². The van der Waals surface area contributed by atoms with Crippen molar-refractivity contribution in [1.29, 1.82) is 0 Å². The highest BCUT2D eigenvalue weighted by Crippen LogP contribution is 2.58. The lowest BCUT2D eigenvalue weighted by molar-refractivity contribution is 0.239. The summed E-state index contributed by atoms with van der Waals surface area (Å²) in [6.07, 6.45) is 9.03. The molecule has 208 valence electrons. The fourth-order valence-corrected chi connectivity index (χ4v) is 7.17. The summed E-state index contributed by atoms with van der Waals surface area (Å²) in [6, 6.07) is 37.6. The molecule has 2 aliphatic carbocycles. The molecule has 0 saturated carbocycles. The van der Waals surface area contributed by atoms with Gasteiger partial charge in [0.15, 0.2) is 0 Å². The van der Waals surface area contributed by atoms with Gasteiger partial charge in [0.2, 0.25) is 0 Å². The Balaban J connectivity index is 1.36. The van der Waals surface area contributed by atoms with Gasteiger partial charge in [-0.1, -0.05) is 91.5 Å². The Morgan fingerprint density at radius 1 is 0.810 bits per heavy atom. The average molecular weight is 569 g/mol. The van der Waals surface area contributed by atoms with Crippen molar-refractivity contribution in [2.24, 2.45) is 5.92 Å². The topological polar surface area (TPSA) is 27.7 Å². The maximum atomic E-state index is 5.96. The highest BCUT2D eigenvalue weighted by Gasteiger charge is 2.49. The molecular formula is C38H32O3S. The second kappa shape index (κ2) is 11.2. The largest absolute Gasteiger partial charge is 0.491 e. The van der Waals surface area contributed by atoms with Crippen LogP contribution in [-0.4, -0.2) is 19.5 Å². The summed E-state index contributed by atoms with van der Waals surface area (Å²) < 4.78 is 16.9. The van der Waals surface area contributed by atoms with E-state index in [4.69, 9.17) is 13.7 Å². The summed E-state index contributed by atoms with van der Waals surface area (Å²) in [5.41, 5.74) is 8.89. The van der Waals surface area contributed by atoms with Crippen LogP contribution in [0, 0.1) is 5.92 Å². The van der Waals surface area contributed by atoms with Crippen molar-refractivity contribution in [3.63, 3.8) is 0 Å². The van der Waals surface area contributed by atoms with Gasteiger partial charge in [-0.05, 0) is 104 Å². The molecule has 0 radical (unpaired) electrons. The molecule has 0 heterocycles. The molecule has 0 amide bonds. The van der Waals surface area contributed by atoms with Gasteiger partial charge in [-0.3, -0.25) is 0 Å². The normalized spacial score (nSPS) is 16.0. The summed E-state index contributed by atoms with van der Waals surface area (Å²) in [5, 5.41) is 2.34. The summed E-state index contributed by atoms with van der Waals surface area (Å²) in [7, 11) is 0. The van der Waals surface area contributed by atoms with Crippen LogP contribution in [0.25, 0.3) is 28.0 Å². The lowest BCUT2D eigenvalue weighted by Gasteiger charge is -2.41. The highest BCUT2D eigenvalue weighted by atomic mass is 32.2. The van der Waals surface area contributed by atoms with Crippen molar-refractivity contribution in [2.45, 2.75) is 11.8 Å². The molecule has 0 aromatic heterocycles. The van der Waals surface area contributed by atoms with E-state index in [-0.39, 0.29) is 11.3 Å². The van der Waals surface area contributed by atoms with E-state index in [2.05, 4.69) is 116 Å². The van der Waals surface area contributed by atoms with E-state index in [1.54, 1.807) is 0 Å². The number of allylic oxidation sites excluding steroid dienone is 1. The van der Waals surface area contributed by atoms with E-state index in [1.165, 1.54) is 62.6 Å². The smallest absolute Gasteiger partial charge is 0.127 e. The quantitative estimate of drug-likeness (QED) is 0.101. The third-order valence-corrected chi connectivity index (χ3v) is 9.06. The van der Waals surface area contributed by atoms with Crippen molar-refractivity contribution in [1.82, 2.24) is 0 Å². The van der Waals surface area contributed by atoms with Crippen LogP contribution < -0.4 is 9.47 Å². The van der Waals surface area contributed by atoms with Crippen molar-refractivity contribution in [3.8, 4) is 22.6 Å². The molecule has 2 aliphatic rings. The maximum Gasteiger partial charge on any atom is 0.127 e. The van der Waals surface area contributed by atoms with Crippen LogP contribution in [0.3, 0.4) is 0 Å². The number of ether oxygens (including phenoxy) is 2. The summed E-state index contributed by atoms with van der Waals surface area (Å²) in [5.74, 6) is 1.89. The Hall–Kier alpha value is -4.25. The van der Waals surface area contributed by atoms with Crippen molar-refractivity contribution in [2.75, 3.05) is 19.5 Å². The monoisotopic (exact) mass is 568 g/mol. The second-order valence-corrected chi connectivity index (χ2v) is 11.3. The van der Waals surface area contributed by atoms with Crippen LogP contribution in [0.5, 0.6) is 11.5 Å². The van der Waals surface area contributed by atoms with Crippen LogP contribution in [0.2, 0.25) is 0 Å². The number of fused-ring (bicyclic) bond motifs is 5. The molecule has 0 bridgehead atoms. The van der Waals surface area contributed by atoms with Gasteiger partial charge in [-0.25, -0.2) is 0 Å².